The van der Waals surface area contributed by atoms with Crippen molar-refractivity contribution in [2.24, 2.45) is 5.14 Å². The molecule has 1 unspecified atom stereocenters. The smallest absolute Gasteiger partial charge is 0.340 e. The standard InChI is InChI=1S/C16H12Cl4N2O5S/c1-7(15(23)22-14-6-12(19)11(18)5-13(14)20)27-16(24)9-4-8(28(21,25)26)2-3-10(9)17/h2-7H,1H3,(H,22,23)(H2,21,25,26). The zero-order valence-corrected chi connectivity index (χ0v) is 17.8. The number of hydrogen-bond acceptors (Lipinski definition) is 5. The fourth-order valence-electron chi connectivity index (χ4n) is 1.97. The van der Waals surface area contributed by atoms with Crippen LogP contribution in [0.3, 0.4) is 0 Å². The van der Waals surface area contributed by atoms with Gasteiger partial charge in [-0.2, -0.15) is 0 Å². The number of nitrogens with two attached hydrogens (primary N) is 1. The summed E-state index contributed by atoms with van der Waals surface area (Å²) < 4.78 is 27.9. The zero-order chi connectivity index (χ0) is 21.2. The van der Waals surface area contributed by atoms with Crippen LogP contribution in [-0.4, -0.2) is 26.4 Å². The summed E-state index contributed by atoms with van der Waals surface area (Å²) in [5.41, 5.74) is -0.0985. The second-order valence-electron chi connectivity index (χ2n) is 5.47. The van der Waals surface area contributed by atoms with Crippen LogP contribution >= 0.6 is 46.4 Å². The maximum atomic E-state index is 12.3. The van der Waals surface area contributed by atoms with Crippen molar-refractivity contribution in [3.05, 3.63) is 56.0 Å². The lowest BCUT2D eigenvalue weighted by atomic mass is 10.2. The number of benzene rings is 2. The minimum Gasteiger partial charge on any atom is -0.449 e. The van der Waals surface area contributed by atoms with Gasteiger partial charge in [0.15, 0.2) is 6.10 Å². The molecule has 150 valence electrons. The van der Waals surface area contributed by atoms with Crippen molar-refractivity contribution in [1.82, 2.24) is 0 Å². The SMILES string of the molecule is CC(OC(=O)c1cc(S(N)(=O)=O)ccc1Cl)C(=O)Nc1cc(Cl)c(Cl)cc1Cl. The predicted octanol–water partition coefficient (Wildman–Crippen LogP) is 4.13. The van der Waals surface area contributed by atoms with Crippen LogP contribution in [0.2, 0.25) is 20.1 Å². The first-order valence-electron chi connectivity index (χ1n) is 7.39. The number of anilines is 1. The molecule has 0 saturated heterocycles. The molecule has 2 aromatic rings. The fraction of sp³-hybridized carbons (Fsp3) is 0.125. The quantitative estimate of drug-likeness (QED) is 0.487. The van der Waals surface area contributed by atoms with E-state index in [2.05, 4.69) is 5.32 Å². The molecule has 0 heterocycles. The van der Waals surface area contributed by atoms with Gasteiger partial charge in [-0.1, -0.05) is 46.4 Å². The third-order valence-electron chi connectivity index (χ3n) is 3.41. The van der Waals surface area contributed by atoms with Gasteiger partial charge in [-0.05, 0) is 37.3 Å². The van der Waals surface area contributed by atoms with E-state index >= 15 is 0 Å². The van der Waals surface area contributed by atoms with E-state index < -0.39 is 28.0 Å². The molecule has 0 spiro atoms. The highest BCUT2D eigenvalue weighted by Gasteiger charge is 2.23. The Morgan fingerprint density at radius 2 is 1.61 bits per heavy atom. The summed E-state index contributed by atoms with van der Waals surface area (Å²) in [6.07, 6.45) is -1.27. The molecular weight excluding hydrogens is 474 g/mol. The highest BCUT2D eigenvalue weighted by molar-refractivity contribution is 7.89. The molecule has 7 nitrogen and oxygen atoms in total. The lowest BCUT2D eigenvalue weighted by molar-refractivity contribution is -0.123. The topological polar surface area (TPSA) is 116 Å². The monoisotopic (exact) mass is 484 g/mol. The Hall–Kier alpha value is -1.55. The third-order valence-corrected chi connectivity index (χ3v) is 5.68. The molecule has 3 N–H and O–H groups in total. The number of rotatable bonds is 5. The number of amides is 1. The summed E-state index contributed by atoms with van der Waals surface area (Å²) in [4.78, 5) is 24.2. The second-order valence-corrected chi connectivity index (χ2v) is 8.66. The molecule has 0 radical (unpaired) electrons. The lowest BCUT2D eigenvalue weighted by Crippen LogP contribution is -2.30. The summed E-state index contributed by atoms with van der Waals surface area (Å²) in [5.74, 6) is -1.73. The first-order valence-corrected chi connectivity index (χ1v) is 10.4. The Morgan fingerprint density at radius 1 is 1.00 bits per heavy atom. The maximum absolute atomic E-state index is 12.3. The zero-order valence-electron chi connectivity index (χ0n) is 14.0. The van der Waals surface area contributed by atoms with Gasteiger partial charge in [0.1, 0.15) is 0 Å². The molecule has 1 amide bonds. The average molecular weight is 486 g/mol. The molecule has 0 aliphatic carbocycles. The van der Waals surface area contributed by atoms with E-state index in [4.69, 9.17) is 56.3 Å². The van der Waals surface area contributed by atoms with Gasteiger partial charge in [0, 0.05) is 0 Å². The van der Waals surface area contributed by atoms with Gasteiger partial charge >= 0.3 is 5.97 Å². The average Bonchev–Trinajstić information content (AvgIpc) is 2.58. The largest absolute Gasteiger partial charge is 0.449 e. The normalized spacial score (nSPS) is 12.4. The Bertz CT molecular complexity index is 1060. The molecule has 2 aromatic carbocycles. The van der Waals surface area contributed by atoms with Gasteiger partial charge in [-0.3, -0.25) is 4.79 Å². The van der Waals surface area contributed by atoms with Gasteiger partial charge in [-0.25, -0.2) is 18.4 Å². The lowest BCUT2D eigenvalue weighted by Gasteiger charge is -2.15. The summed E-state index contributed by atoms with van der Waals surface area (Å²) in [6, 6.07) is 5.96. The summed E-state index contributed by atoms with van der Waals surface area (Å²) in [5, 5.41) is 7.90. The summed E-state index contributed by atoms with van der Waals surface area (Å²) in [6.45, 7) is 1.30. The molecule has 0 aliphatic heterocycles. The van der Waals surface area contributed by atoms with Crippen LogP contribution in [0.25, 0.3) is 0 Å². The number of ether oxygens (including phenoxy) is 1. The molecule has 0 aliphatic rings. The number of carbonyl (C=O) groups excluding carboxylic acids is 2. The van der Waals surface area contributed by atoms with E-state index in [0.29, 0.717) is 0 Å². The van der Waals surface area contributed by atoms with Crippen molar-refractivity contribution >= 4 is 74.0 Å². The highest BCUT2D eigenvalue weighted by Crippen LogP contribution is 2.32. The molecule has 0 bridgehead atoms. The number of hydrogen-bond donors (Lipinski definition) is 2. The van der Waals surface area contributed by atoms with Gasteiger partial charge in [0.25, 0.3) is 5.91 Å². The minimum absolute atomic E-state index is 0.0717. The Kier molecular flexibility index (Phi) is 7.19. The van der Waals surface area contributed by atoms with Crippen molar-refractivity contribution in [1.29, 1.82) is 0 Å². The van der Waals surface area contributed by atoms with Crippen LogP contribution < -0.4 is 10.5 Å². The van der Waals surface area contributed by atoms with Crippen molar-refractivity contribution in [3.63, 3.8) is 0 Å². The molecule has 12 heteroatoms. The molecule has 2 rings (SSSR count). The van der Waals surface area contributed by atoms with E-state index in [0.717, 1.165) is 12.1 Å². The van der Waals surface area contributed by atoms with Crippen LogP contribution in [0.1, 0.15) is 17.3 Å². The van der Waals surface area contributed by atoms with Crippen molar-refractivity contribution in [3.8, 4) is 0 Å². The minimum atomic E-state index is -4.06. The first-order chi connectivity index (χ1) is 12.9. The van der Waals surface area contributed by atoms with Gasteiger partial charge < -0.3 is 10.1 Å². The van der Waals surface area contributed by atoms with Gasteiger partial charge in [0.2, 0.25) is 10.0 Å². The Labute approximate surface area is 180 Å². The first kappa shape index (κ1) is 22.7. The van der Waals surface area contributed by atoms with Crippen LogP contribution in [0.5, 0.6) is 0 Å². The molecule has 28 heavy (non-hydrogen) atoms. The van der Waals surface area contributed by atoms with Gasteiger partial charge in [-0.15, -0.1) is 0 Å². The molecule has 0 aromatic heterocycles. The fourth-order valence-corrected chi connectivity index (χ4v) is 3.30. The number of esters is 1. The number of halogens is 4. The van der Waals surface area contributed by atoms with Crippen LogP contribution in [-0.2, 0) is 19.6 Å². The van der Waals surface area contributed by atoms with Gasteiger partial charge in [0.05, 0.1) is 36.2 Å². The summed E-state index contributed by atoms with van der Waals surface area (Å²) in [7, 11) is -4.06. The van der Waals surface area contributed by atoms with E-state index in [-0.39, 0.29) is 36.2 Å². The van der Waals surface area contributed by atoms with E-state index in [1.807, 2.05) is 0 Å². The van der Waals surface area contributed by atoms with Crippen LogP contribution in [0.4, 0.5) is 5.69 Å². The predicted molar refractivity (Wildman–Crippen MR) is 108 cm³/mol. The second kappa shape index (κ2) is 8.86. The Balaban J connectivity index is 2.16. The third kappa shape index (κ3) is 5.50. The Morgan fingerprint density at radius 3 is 2.21 bits per heavy atom. The number of nitrogens with one attached hydrogen (secondary N) is 1. The number of carbonyl (C=O) groups is 2. The molecule has 0 fully saturated rings. The highest BCUT2D eigenvalue weighted by atomic mass is 35.5. The van der Waals surface area contributed by atoms with Crippen molar-refractivity contribution < 1.29 is 22.7 Å². The number of primary sulfonamides is 1. The van der Waals surface area contributed by atoms with Crippen molar-refractivity contribution in [2.45, 2.75) is 17.9 Å². The maximum Gasteiger partial charge on any atom is 0.340 e. The van der Waals surface area contributed by atoms with E-state index in [1.165, 1.54) is 25.1 Å². The number of sulfonamides is 1. The van der Waals surface area contributed by atoms with Crippen LogP contribution in [0, 0.1) is 0 Å². The van der Waals surface area contributed by atoms with Crippen LogP contribution in [0.15, 0.2) is 35.2 Å². The van der Waals surface area contributed by atoms with Crippen molar-refractivity contribution in [2.75, 3.05) is 5.32 Å². The molecule has 1 atom stereocenters. The van der Waals surface area contributed by atoms with E-state index in [1.54, 1.807) is 0 Å². The molecular formula is C16H12Cl4N2O5S. The van der Waals surface area contributed by atoms with E-state index in [9.17, 15) is 18.0 Å². The summed E-state index contributed by atoms with van der Waals surface area (Å²) >= 11 is 23.6. The molecule has 0 saturated carbocycles.